The Hall–Kier alpha value is -0.507. The first-order valence-electron chi connectivity index (χ1n) is 25.6. The Balaban J connectivity index is 3.94. The van der Waals surface area contributed by atoms with E-state index in [4.69, 9.17) is 0 Å². The van der Waals surface area contributed by atoms with Crippen LogP contribution in [-0.4, -0.2) is 11.6 Å². The molecular formula is C53H102O3SZr. The van der Waals surface area contributed by atoms with E-state index in [2.05, 4.69) is 54.7 Å². The van der Waals surface area contributed by atoms with Crippen LogP contribution in [-0.2, 0) is 19.9 Å². The van der Waals surface area contributed by atoms with Crippen LogP contribution in [0.2, 0.25) is 24.8 Å². The van der Waals surface area contributed by atoms with Crippen LogP contribution < -0.4 is 0 Å². The molecular weight excluding hydrogens is 808 g/mol. The molecule has 0 atom stereocenters. The van der Waals surface area contributed by atoms with E-state index >= 15 is 11.6 Å². The average Bonchev–Trinajstić information content (AvgIpc) is 3.17. The summed E-state index contributed by atoms with van der Waals surface area (Å²) in [6.45, 7) is 17.9. The van der Waals surface area contributed by atoms with E-state index in [0.717, 1.165) is 57.8 Å². The molecule has 0 spiro atoms. The van der Waals surface area contributed by atoms with Crippen molar-refractivity contribution in [3.05, 3.63) is 55.6 Å². The number of benzene rings is 1. The van der Waals surface area contributed by atoms with Gasteiger partial charge < -0.3 is 0 Å². The molecule has 342 valence electrons. The van der Waals surface area contributed by atoms with Crippen molar-refractivity contribution < 1.29 is 24.9 Å². The minimum absolute atomic E-state index is 0.178. The third-order valence-electron chi connectivity index (χ3n) is 16.6. The third-order valence-corrected chi connectivity index (χ3v) is 82.2. The molecule has 0 bridgehead atoms. The molecule has 3 nitrogen and oxygen atoms in total. The van der Waals surface area contributed by atoms with E-state index in [1.807, 2.05) is 30.4 Å². The van der Waals surface area contributed by atoms with Crippen molar-refractivity contribution >= 4 is 6.59 Å². The van der Waals surface area contributed by atoms with Gasteiger partial charge in [-0.3, -0.25) is 0 Å². The van der Waals surface area contributed by atoms with Crippen molar-refractivity contribution in [1.82, 2.24) is 0 Å². The Morgan fingerprint density at radius 2 is 0.741 bits per heavy atom. The molecule has 0 saturated carbocycles. The van der Waals surface area contributed by atoms with Crippen molar-refractivity contribution in [3.63, 3.8) is 0 Å². The summed E-state index contributed by atoms with van der Waals surface area (Å²) in [6, 6.07) is 9.27. The van der Waals surface area contributed by atoms with Gasteiger partial charge in [0.2, 0.25) is 0 Å². The summed E-state index contributed by atoms with van der Waals surface area (Å²) in [5.74, 6) is 0. The first-order chi connectivity index (χ1) is 27.5. The summed E-state index contributed by atoms with van der Waals surface area (Å²) < 4.78 is 52.0. The Morgan fingerprint density at radius 1 is 0.483 bits per heavy atom. The predicted octanol–water partition coefficient (Wildman–Crippen LogP) is 19.3. The normalized spacial score (nSPS) is 15.3. The minimum atomic E-state index is -7.91. The number of allylic oxidation sites excluding steroid dienone is 2. The Bertz CT molecular complexity index is 1350. The van der Waals surface area contributed by atoms with E-state index < -0.39 is 25.3 Å². The molecule has 0 saturated heterocycles. The molecule has 1 aromatic carbocycles. The Labute approximate surface area is 354 Å². The van der Waals surface area contributed by atoms with Crippen LogP contribution in [0.1, 0.15) is 234 Å². The maximum atomic E-state index is 17.0. The second kappa shape index (κ2) is 23.8. The summed E-state index contributed by atoms with van der Waals surface area (Å²) in [6.07, 6.45) is 38.9. The van der Waals surface area contributed by atoms with Crippen LogP contribution in [0.3, 0.4) is 0 Å². The van der Waals surface area contributed by atoms with E-state index in [1.54, 1.807) is 12.1 Å². The molecule has 58 heavy (non-hydrogen) atoms. The quantitative estimate of drug-likeness (QED) is 0.0527. The molecule has 0 aliphatic carbocycles. The zero-order valence-electron chi connectivity index (χ0n) is 40.1. The van der Waals surface area contributed by atoms with E-state index in [1.165, 1.54) is 135 Å². The fourth-order valence-corrected chi connectivity index (χ4v) is 81.7. The molecule has 1 N–H and O–H groups in total. The zero-order valence-corrected chi connectivity index (χ0v) is 43.4. The van der Waals surface area contributed by atoms with Gasteiger partial charge in [-0.1, -0.05) is 0 Å². The van der Waals surface area contributed by atoms with Gasteiger partial charge in [0.25, 0.3) is 0 Å². The fourth-order valence-electron chi connectivity index (χ4n) is 14.1. The van der Waals surface area contributed by atoms with Crippen LogP contribution in [0.5, 0.6) is 0 Å². The van der Waals surface area contributed by atoms with Gasteiger partial charge >= 0.3 is 356 Å². The predicted molar refractivity (Wildman–Crippen MR) is 260 cm³/mol. The molecule has 0 unspecified atom stereocenters. The van der Waals surface area contributed by atoms with E-state index in [9.17, 15) is 0 Å². The van der Waals surface area contributed by atoms with Gasteiger partial charge in [-0.05, 0) is 0 Å². The summed E-state index contributed by atoms with van der Waals surface area (Å²) in [4.78, 5) is 0.321. The van der Waals surface area contributed by atoms with Crippen molar-refractivity contribution in [3.8, 4) is 0 Å². The van der Waals surface area contributed by atoms with Crippen molar-refractivity contribution in [2.45, 2.75) is 264 Å². The molecule has 0 aliphatic rings. The number of hydrogen-bond donors (Lipinski definition) is 1. The molecule has 0 aromatic heterocycles. The van der Waals surface area contributed by atoms with E-state index in [0.29, 0.717) is 21.4 Å². The zero-order chi connectivity index (χ0) is 43.3. The molecule has 1 rings (SSSR count). The molecule has 0 fully saturated rings. The van der Waals surface area contributed by atoms with Crippen LogP contribution in [0.25, 0.3) is 0 Å². The standard InChI is InChI=1S/3C12H25.C6H5O2S.C5H11.2C3H5.H2O.Zr/c3*1-3-5-7-9-11-12-10-8-6-4-2;7-9(8)6-4-2-1-3-5-6;1-5(2,3)4;2*1-3-2;;/h3*1,3-12H2,2H3;1-5H;1H2,2-4H3;2*3H,1-2H2;1H2;/q;;;;;;;;+1/p-1. The van der Waals surface area contributed by atoms with Crippen molar-refractivity contribution in [2.24, 2.45) is 5.41 Å². The fraction of sp³-hybridized carbons (Fsp3) is 0.811. The van der Waals surface area contributed by atoms with Crippen LogP contribution in [0.4, 0.5) is 0 Å². The van der Waals surface area contributed by atoms with Gasteiger partial charge in [-0.15, -0.1) is 0 Å². The summed E-state index contributed by atoms with van der Waals surface area (Å²) >= 11 is -7.91. The van der Waals surface area contributed by atoms with E-state index in [-0.39, 0.29) is 8.26 Å². The molecule has 0 heterocycles. The number of rotatable bonds is 40. The summed E-state index contributed by atoms with van der Waals surface area (Å²) in [5, 5.41) is 0. The first-order valence-corrected chi connectivity index (χ1v) is 41.6. The third kappa shape index (κ3) is 13.3. The topological polar surface area (TPSA) is 54.4 Å². The van der Waals surface area contributed by atoms with Crippen LogP contribution in [0.15, 0.2) is 60.5 Å². The molecule has 1 aromatic rings. The molecule has 5 heteroatoms. The first kappa shape index (κ1) is 55.5. The summed E-state index contributed by atoms with van der Waals surface area (Å²) in [7, 11) is 0. The number of unbranched alkanes of at least 4 members (excludes halogenated alkanes) is 27. The monoisotopic (exact) mass is 909 g/mol. The Kier molecular flexibility index (Phi) is 22.8. The van der Waals surface area contributed by atoms with Crippen molar-refractivity contribution in [1.29, 1.82) is 0 Å². The average molecular weight is 911 g/mol. The van der Waals surface area contributed by atoms with Gasteiger partial charge in [0, 0.05) is 0 Å². The maximum absolute atomic E-state index is 17.0. The summed E-state index contributed by atoms with van der Waals surface area (Å²) in [5.41, 5.74) is -0.455. The Morgan fingerprint density at radius 3 is 0.983 bits per heavy atom. The van der Waals surface area contributed by atoms with Gasteiger partial charge in [-0.2, -0.15) is 0 Å². The van der Waals surface area contributed by atoms with Gasteiger partial charge in [-0.25, -0.2) is 0 Å². The number of hydrogen-bond acceptors (Lipinski definition) is 3. The van der Waals surface area contributed by atoms with Crippen molar-refractivity contribution in [2.75, 3.05) is 0 Å². The van der Waals surface area contributed by atoms with Gasteiger partial charge in [0.05, 0.1) is 0 Å². The molecule has 0 radical (unpaired) electrons. The second-order valence-corrected chi connectivity index (χ2v) is 74.1. The van der Waals surface area contributed by atoms with Gasteiger partial charge in [0.15, 0.2) is 0 Å². The molecule has 0 amide bonds. The SMILES string of the molecule is C=C[CH2][Zr]([OH])([CH2]C=C)([CH2]CCCCCCCCCCC)([CH2]CCCCCCCCCCC)([CH2]CCCCCCCCCCC)([CH2]C(C)(C)C)[S](=O)(=O)c1ccccc1. The molecule has 0 aliphatic heterocycles. The van der Waals surface area contributed by atoms with Crippen LogP contribution >= 0.6 is 0 Å². The van der Waals surface area contributed by atoms with Gasteiger partial charge in [0.1, 0.15) is 0 Å². The second-order valence-electron chi connectivity index (χ2n) is 23.0. The van der Waals surface area contributed by atoms with Crippen LogP contribution in [0, 0.1) is 5.41 Å².